The number of anilines is 2. The maximum absolute atomic E-state index is 14.5. The van der Waals surface area contributed by atoms with Crippen LogP contribution in [0.5, 0.6) is 5.75 Å². The Morgan fingerprint density at radius 1 is 1.00 bits per heavy atom. The molecule has 8 atom stereocenters. The predicted octanol–water partition coefficient (Wildman–Crippen LogP) is 3.04. The van der Waals surface area contributed by atoms with Gasteiger partial charge in [0.2, 0.25) is 5.91 Å². The SMILES string of the molecule is CC(C)c1cc(NC(=O)Nc2ccc(C(=O)O)cc2)c(O)c2c1C[C@]1(C)C[C@]3(C)[C@@H](C(C)C)C(O)[C@@H](C(N)=O)C(=O)[C@]3(O)C(O)[C@H]1C2=O. The molecule has 0 saturated heterocycles. The molecular weight excluding hydrogens is 622 g/mol. The first kappa shape index (κ1) is 35.0. The lowest BCUT2D eigenvalue weighted by atomic mass is 9.39. The van der Waals surface area contributed by atoms with Gasteiger partial charge in [-0.15, -0.1) is 0 Å². The summed E-state index contributed by atoms with van der Waals surface area (Å²) in [6, 6.07) is 6.18. The molecule has 48 heavy (non-hydrogen) atoms. The Morgan fingerprint density at radius 3 is 2.12 bits per heavy atom. The number of Topliss-reactive ketones (excluding diaryl/α,β-unsaturated/α-hetero) is 2. The molecule has 2 aromatic rings. The minimum atomic E-state index is -2.64. The van der Waals surface area contributed by atoms with Gasteiger partial charge in [-0.3, -0.25) is 14.4 Å². The smallest absolute Gasteiger partial charge is 0.335 e. The molecule has 2 aromatic carbocycles. The first-order valence-corrected chi connectivity index (χ1v) is 16.0. The monoisotopic (exact) mass is 665 g/mol. The van der Waals surface area contributed by atoms with Gasteiger partial charge in [0, 0.05) is 11.1 Å². The molecule has 0 radical (unpaired) electrons. The fraction of sp³-hybridized carbons (Fsp3) is 0.514. The highest BCUT2D eigenvalue weighted by Gasteiger charge is 2.76. The Hall–Kier alpha value is -4.33. The molecule has 0 spiro atoms. The van der Waals surface area contributed by atoms with E-state index in [9.17, 15) is 44.4 Å². The van der Waals surface area contributed by atoms with Gasteiger partial charge in [0.1, 0.15) is 17.8 Å². The molecule has 0 aliphatic heterocycles. The number of aromatic carboxylic acids is 1. The van der Waals surface area contributed by atoms with E-state index in [2.05, 4.69) is 10.6 Å². The number of fused-ring (bicyclic) bond motifs is 3. The van der Waals surface area contributed by atoms with E-state index in [-0.39, 0.29) is 47.2 Å². The fourth-order valence-electron chi connectivity index (χ4n) is 9.22. The lowest BCUT2D eigenvalue weighted by Crippen LogP contribution is -2.79. The van der Waals surface area contributed by atoms with Gasteiger partial charge >= 0.3 is 12.0 Å². The van der Waals surface area contributed by atoms with E-state index in [1.54, 1.807) is 33.8 Å². The van der Waals surface area contributed by atoms with Crippen molar-refractivity contribution >= 4 is 40.8 Å². The number of nitrogens with one attached hydrogen (secondary N) is 2. The fourth-order valence-corrected chi connectivity index (χ4v) is 9.22. The number of carbonyl (C=O) groups excluding carboxylic acids is 4. The summed E-state index contributed by atoms with van der Waals surface area (Å²) in [5, 5.41) is 61.4. The number of hydrogen-bond acceptors (Lipinski definition) is 9. The quantitative estimate of drug-likeness (QED) is 0.166. The Balaban J connectivity index is 1.59. The first-order chi connectivity index (χ1) is 22.2. The summed E-state index contributed by atoms with van der Waals surface area (Å²) in [5.41, 5.74) is 1.53. The highest BCUT2D eigenvalue weighted by atomic mass is 16.4. The number of carboxylic acids is 1. The van der Waals surface area contributed by atoms with Gasteiger partial charge in [0.05, 0.1) is 28.8 Å². The first-order valence-electron chi connectivity index (χ1n) is 16.0. The van der Waals surface area contributed by atoms with Crippen LogP contribution < -0.4 is 16.4 Å². The van der Waals surface area contributed by atoms with Crippen LogP contribution in [0.1, 0.15) is 85.7 Å². The summed E-state index contributed by atoms with van der Waals surface area (Å²) < 4.78 is 0. The zero-order valence-electron chi connectivity index (χ0n) is 27.7. The number of ketones is 2. The van der Waals surface area contributed by atoms with Crippen molar-refractivity contribution in [3.8, 4) is 5.75 Å². The Labute approximate surface area is 277 Å². The number of nitrogens with two attached hydrogens (primary N) is 1. The van der Waals surface area contributed by atoms with E-state index >= 15 is 0 Å². The summed E-state index contributed by atoms with van der Waals surface area (Å²) in [6.07, 6.45) is -3.38. The third-order valence-corrected chi connectivity index (χ3v) is 11.1. The van der Waals surface area contributed by atoms with Gasteiger partial charge in [-0.1, -0.05) is 41.5 Å². The number of aliphatic hydroxyl groups excluding tert-OH is 2. The van der Waals surface area contributed by atoms with Crippen LogP contribution in [0.4, 0.5) is 16.2 Å². The zero-order valence-corrected chi connectivity index (χ0v) is 27.7. The van der Waals surface area contributed by atoms with Crippen LogP contribution in [-0.4, -0.2) is 72.8 Å². The number of urea groups is 1. The van der Waals surface area contributed by atoms with E-state index in [0.29, 0.717) is 11.1 Å². The molecule has 5 rings (SSSR count). The zero-order chi connectivity index (χ0) is 35.8. The van der Waals surface area contributed by atoms with Crippen molar-refractivity contribution in [1.82, 2.24) is 0 Å². The minimum absolute atomic E-state index is 0.0158. The second-order valence-corrected chi connectivity index (χ2v) is 14.8. The van der Waals surface area contributed by atoms with Crippen molar-refractivity contribution in [3.05, 3.63) is 52.6 Å². The molecule has 0 bridgehead atoms. The maximum atomic E-state index is 14.5. The van der Waals surface area contributed by atoms with Crippen LogP contribution in [0, 0.1) is 34.5 Å². The normalized spacial score (nSPS) is 32.7. The largest absolute Gasteiger partial charge is 0.505 e. The predicted molar refractivity (Wildman–Crippen MR) is 174 cm³/mol. The van der Waals surface area contributed by atoms with E-state index < -0.39 is 81.6 Å². The van der Waals surface area contributed by atoms with Gasteiger partial charge in [-0.2, -0.15) is 0 Å². The summed E-state index contributed by atoms with van der Waals surface area (Å²) in [4.78, 5) is 65.1. The van der Waals surface area contributed by atoms with Crippen LogP contribution in [0.15, 0.2) is 30.3 Å². The molecule has 3 aliphatic rings. The number of hydrogen-bond donors (Lipinski definition) is 8. The third-order valence-electron chi connectivity index (χ3n) is 11.1. The van der Waals surface area contributed by atoms with Crippen molar-refractivity contribution in [1.29, 1.82) is 0 Å². The topological polar surface area (TPSA) is 237 Å². The van der Waals surface area contributed by atoms with E-state index in [1.165, 1.54) is 24.3 Å². The molecule has 0 heterocycles. The molecule has 0 aromatic heterocycles. The van der Waals surface area contributed by atoms with Crippen LogP contribution in [0.2, 0.25) is 0 Å². The molecule has 3 aliphatic carbocycles. The molecular formula is C35H43N3O10. The molecule has 2 saturated carbocycles. The number of carbonyl (C=O) groups is 5. The minimum Gasteiger partial charge on any atom is -0.505 e. The lowest BCUT2D eigenvalue weighted by Gasteiger charge is -2.66. The average molecular weight is 666 g/mol. The van der Waals surface area contributed by atoms with Gasteiger partial charge in [0.15, 0.2) is 17.2 Å². The second-order valence-electron chi connectivity index (χ2n) is 14.8. The highest BCUT2D eigenvalue weighted by molar-refractivity contribution is 6.10. The number of phenols is 1. The number of aromatic hydroxyl groups is 1. The number of phenolic OH excluding ortho intramolecular Hbond substituents is 1. The number of amides is 3. The van der Waals surface area contributed by atoms with Gasteiger partial charge < -0.3 is 41.9 Å². The number of rotatable bonds is 6. The average Bonchev–Trinajstić information content (AvgIpc) is 2.96. The van der Waals surface area contributed by atoms with Crippen LogP contribution in [0.3, 0.4) is 0 Å². The lowest BCUT2D eigenvalue weighted by molar-refractivity contribution is -0.265. The molecule has 2 unspecified atom stereocenters. The standard InChI is InChI=1S/C35H43N3O10/c1-14(2)18-11-20(38-32(47)37-17-9-7-16(8-10-17)31(45)46)25(39)21-19(18)12-33(5)13-34(6)23(15(3)4)27(41)22(30(36)44)28(42)35(34,48)29(43)24(33)26(21)40/h7-11,14-15,22-24,27,29,39,41,43,48H,12-13H2,1-6H3,(H2,36,44)(H,45,46)(H2,37,38,47)/t22-,23+,24-,27?,29?,33-,34-,35+/m1/s1. The van der Waals surface area contributed by atoms with Gasteiger partial charge in [0.25, 0.3) is 0 Å². The highest BCUT2D eigenvalue weighted by Crippen LogP contribution is 2.66. The number of aliphatic hydroxyl groups is 3. The number of benzene rings is 2. The molecule has 3 amide bonds. The summed E-state index contributed by atoms with van der Waals surface area (Å²) in [5.74, 6) is -9.38. The molecule has 2 fully saturated rings. The second kappa shape index (κ2) is 11.7. The van der Waals surface area contributed by atoms with Crippen molar-refractivity contribution < 1.29 is 49.5 Å². The summed E-state index contributed by atoms with van der Waals surface area (Å²) >= 11 is 0. The van der Waals surface area contributed by atoms with E-state index in [1.807, 2.05) is 13.8 Å². The molecule has 258 valence electrons. The van der Waals surface area contributed by atoms with Gasteiger partial charge in [-0.25, -0.2) is 9.59 Å². The third kappa shape index (κ3) is 4.98. The number of primary amides is 1. The van der Waals surface area contributed by atoms with E-state index in [4.69, 9.17) is 10.8 Å². The summed E-state index contributed by atoms with van der Waals surface area (Å²) in [7, 11) is 0. The summed E-state index contributed by atoms with van der Waals surface area (Å²) in [6.45, 7) is 10.7. The van der Waals surface area contributed by atoms with Crippen molar-refractivity contribution in [2.45, 2.75) is 78.1 Å². The van der Waals surface area contributed by atoms with Crippen LogP contribution >= 0.6 is 0 Å². The van der Waals surface area contributed by atoms with Crippen LogP contribution in [0.25, 0.3) is 0 Å². The maximum Gasteiger partial charge on any atom is 0.335 e. The van der Waals surface area contributed by atoms with Crippen molar-refractivity contribution in [2.24, 2.45) is 40.2 Å². The van der Waals surface area contributed by atoms with Crippen molar-refractivity contribution in [3.63, 3.8) is 0 Å². The Kier molecular flexibility index (Phi) is 8.51. The molecule has 13 heteroatoms. The molecule has 13 nitrogen and oxygen atoms in total. The molecule has 9 N–H and O–H groups in total. The Morgan fingerprint density at radius 2 is 1.60 bits per heavy atom. The van der Waals surface area contributed by atoms with Crippen molar-refractivity contribution in [2.75, 3.05) is 10.6 Å². The van der Waals surface area contributed by atoms with E-state index in [0.717, 1.165) is 0 Å². The Bertz CT molecular complexity index is 1720. The van der Waals surface area contributed by atoms with Gasteiger partial charge in [-0.05, 0) is 77.5 Å². The van der Waals surface area contributed by atoms with Crippen LogP contribution in [-0.2, 0) is 16.0 Å². The number of carboxylic acid groups (broad SMARTS) is 1.